The van der Waals surface area contributed by atoms with Gasteiger partial charge in [-0.2, -0.15) is 0 Å². The molecule has 5 heteroatoms. The normalized spacial score (nSPS) is 10.3. The summed E-state index contributed by atoms with van der Waals surface area (Å²) in [7, 11) is 1.60. The molecule has 1 aromatic heterocycles. The summed E-state index contributed by atoms with van der Waals surface area (Å²) in [4.78, 5) is 26.2. The fourth-order valence-corrected chi connectivity index (χ4v) is 3.45. The summed E-state index contributed by atoms with van der Waals surface area (Å²) in [6.07, 6.45) is 0.290. The second kappa shape index (κ2) is 8.45. The topological polar surface area (TPSA) is 55.4 Å². The lowest BCUT2D eigenvalue weighted by Crippen LogP contribution is -2.24. The first-order valence-electron chi connectivity index (χ1n) is 8.24. The van der Waals surface area contributed by atoms with Crippen LogP contribution >= 0.6 is 11.3 Å². The summed E-state index contributed by atoms with van der Waals surface area (Å²) in [6.45, 7) is 0.412. The van der Waals surface area contributed by atoms with Gasteiger partial charge in [0.2, 0.25) is 11.7 Å². The Morgan fingerprint density at radius 3 is 2.58 bits per heavy atom. The Morgan fingerprint density at radius 1 is 1.00 bits per heavy atom. The minimum Gasteiger partial charge on any atom is -0.497 e. The van der Waals surface area contributed by atoms with Crippen molar-refractivity contribution in [2.45, 2.75) is 13.0 Å². The number of carbonyl (C=O) groups excluding carboxylic acids is 2. The number of rotatable bonds is 7. The summed E-state index contributed by atoms with van der Waals surface area (Å²) in [5, 5.41) is 2.90. The van der Waals surface area contributed by atoms with Crippen LogP contribution in [0, 0.1) is 0 Å². The lowest BCUT2D eigenvalue weighted by Gasteiger charge is -2.05. The molecule has 26 heavy (non-hydrogen) atoms. The van der Waals surface area contributed by atoms with E-state index in [0.29, 0.717) is 23.4 Å². The fourth-order valence-electron chi connectivity index (χ4n) is 2.54. The van der Waals surface area contributed by atoms with Gasteiger partial charge in [-0.3, -0.25) is 9.59 Å². The molecular weight excluding hydrogens is 346 g/mol. The SMILES string of the molecule is COc1cccc(CC(=O)NCc2ccc(C(=O)c3ccccc3)s2)c1. The van der Waals surface area contributed by atoms with Gasteiger partial charge in [0.05, 0.1) is 25.0 Å². The molecule has 3 aromatic rings. The van der Waals surface area contributed by atoms with E-state index in [-0.39, 0.29) is 11.7 Å². The largest absolute Gasteiger partial charge is 0.497 e. The van der Waals surface area contributed by atoms with E-state index in [9.17, 15) is 9.59 Å². The molecule has 0 saturated heterocycles. The van der Waals surface area contributed by atoms with Crippen LogP contribution in [0.3, 0.4) is 0 Å². The number of ether oxygens (including phenoxy) is 1. The number of amides is 1. The number of thiophene rings is 1. The van der Waals surface area contributed by atoms with Crippen LogP contribution in [0.25, 0.3) is 0 Å². The minimum absolute atomic E-state index is 0.00422. The number of methoxy groups -OCH3 is 1. The molecule has 1 amide bonds. The molecule has 0 bridgehead atoms. The number of hydrogen-bond acceptors (Lipinski definition) is 4. The van der Waals surface area contributed by atoms with Crippen LogP contribution in [0.15, 0.2) is 66.7 Å². The van der Waals surface area contributed by atoms with Crippen LogP contribution in [0.1, 0.15) is 25.7 Å². The fraction of sp³-hybridized carbons (Fsp3) is 0.143. The van der Waals surface area contributed by atoms with E-state index in [2.05, 4.69) is 5.32 Å². The highest BCUT2D eigenvalue weighted by molar-refractivity contribution is 7.14. The van der Waals surface area contributed by atoms with Crippen molar-refractivity contribution in [1.82, 2.24) is 5.32 Å². The van der Waals surface area contributed by atoms with E-state index in [0.717, 1.165) is 16.2 Å². The number of benzene rings is 2. The highest BCUT2D eigenvalue weighted by Crippen LogP contribution is 2.20. The summed E-state index contributed by atoms with van der Waals surface area (Å²) in [6, 6.07) is 20.3. The van der Waals surface area contributed by atoms with Gasteiger partial charge in [-0.25, -0.2) is 0 Å². The molecule has 0 radical (unpaired) electrons. The molecule has 0 aliphatic carbocycles. The van der Waals surface area contributed by atoms with Crippen molar-refractivity contribution in [2.24, 2.45) is 0 Å². The third-order valence-electron chi connectivity index (χ3n) is 3.88. The Bertz CT molecular complexity index is 902. The molecule has 0 spiro atoms. The molecule has 0 aliphatic heterocycles. The standard InChI is InChI=1S/C21H19NO3S/c1-25-17-9-5-6-15(12-17)13-20(23)22-14-18-10-11-19(26-18)21(24)16-7-3-2-4-8-16/h2-12H,13-14H2,1H3,(H,22,23). The van der Waals surface area contributed by atoms with Crippen LogP contribution in [0.5, 0.6) is 5.75 Å². The van der Waals surface area contributed by atoms with E-state index in [1.165, 1.54) is 11.3 Å². The zero-order valence-corrected chi connectivity index (χ0v) is 15.2. The van der Waals surface area contributed by atoms with Gasteiger partial charge in [-0.1, -0.05) is 42.5 Å². The van der Waals surface area contributed by atoms with Gasteiger partial charge < -0.3 is 10.1 Å². The quantitative estimate of drug-likeness (QED) is 0.647. The minimum atomic E-state index is -0.0670. The maximum atomic E-state index is 12.4. The lowest BCUT2D eigenvalue weighted by molar-refractivity contribution is -0.120. The Labute approximate surface area is 156 Å². The van der Waals surface area contributed by atoms with Crippen molar-refractivity contribution in [1.29, 1.82) is 0 Å². The van der Waals surface area contributed by atoms with Gasteiger partial charge in [0.1, 0.15) is 5.75 Å². The third-order valence-corrected chi connectivity index (χ3v) is 4.96. The molecular formula is C21H19NO3S. The maximum Gasteiger partial charge on any atom is 0.224 e. The van der Waals surface area contributed by atoms with E-state index < -0.39 is 0 Å². The highest BCUT2D eigenvalue weighted by Gasteiger charge is 2.12. The Morgan fingerprint density at radius 2 is 1.81 bits per heavy atom. The second-order valence-electron chi connectivity index (χ2n) is 5.77. The molecule has 0 fully saturated rings. The Kier molecular flexibility index (Phi) is 5.81. The van der Waals surface area contributed by atoms with E-state index in [1.807, 2.05) is 54.6 Å². The monoisotopic (exact) mass is 365 g/mol. The van der Waals surface area contributed by atoms with Crippen molar-refractivity contribution in [3.8, 4) is 5.75 Å². The van der Waals surface area contributed by atoms with Crippen LogP contribution in [0.2, 0.25) is 0 Å². The van der Waals surface area contributed by atoms with Gasteiger partial charge in [0, 0.05) is 10.4 Å². The highest BCUT2D eigenvalue weighted by atomic mass is 32.1. The molecule has 1 heterocycles. The summed E-state index contributed by atoms with van der Waals surface area (Å²) in [5.41, 5.74) is 1.57. The summed E-state index contributed by atoms with van der Waals surface area (Å²) in [5.74, 6) is 0.671. The molecule has 2 aromatic carbocycles. The van der Waals surface area contributed by atoms with Crippen LogP contribution in [0.4, 0.5) is 0 Å². The number of carbonyl (C=O) groups is 2. The lowest BCUT2D eigenvalue weighted by atomic mass is 10.1. The first-order chi connectivity index (χ1) is 12.7. The number of nitrogens with one attached hydrogen (secondary N) is 1. The Balaban J connectivity index is 1.56. The molecule has 1 N–H and O–H groups in total. The van der Waals surface area contributed by atoms with Crippen molar-refractivity contribution >= 4 is 23.0 Å². The number of hydrogen-bond donors (Lipinski definition) is 1. The predicted molar refractivity (Wildman–Crippen MR) is 103 cm³/mol. The predicted octanol–water partition coefficient (Wildman–Crippen LogP) is 3.85. The van der Waals surface area contributed by atoms with E-state index in [1.54, 1.807) is 19.2 Å². The Hall–Kier alpha value is -2.92. The van der Waals surface area contributed by atoms with Gasteiger partial charge in [-0.05, 0) is 29.8 Å². The van der Waals surface area contributed by atoms with Crippen molar-refractivity contribution in [2.75, 3.05) is 7.11 Å². The first kappa shape index (κ1) is 17.9. The zero-order valence-electron chi connectivity index (χ0n) is 14.4. The number of ketones is 1. The van der Waals surface area contributed by atoms with Gasteiger partial charge in [0.25, 0.3) is 0 Å². The van der Waals surface area contributed by atoms with Gasteiger partial charge in [-0.15, -0.1) is 11.3 Å². The van der Waals surface area contributed by atoms with E-state index >= 15 is 0 Å². The van der Waals surface area contributed by atoms with Crippen LogP contribution in [-0.2, 0) is 17.8 Å². The smallest absolute Gasteiger partial charge is 0.224 e. The van der Waals surface area contributed by atoms with Crippen molar-refractivity contribution < 1.29 is 14.3 Å². The van der Waals surface area contributed by atoms with Crippen molar-refractivity contribution in [3.05, 3.63) is 87.6 Å². The third kappa shape index (κ3) is 4.58. The molecule has 0 aliphatic rings. The maximum absolute atomic E-state index is 12.4. The summed E-state index contributed by atoms with van der Waals surface area (Å²) >= 11 is 1.41. The molecule has 0 saturated carbocycles. The average molecular weight is 365 g/mol. The second-order valence-corrected chi connectivity index (χ2v) is 6.93. The zero-order chi connectivity index (χ0) is 18.4. The first-order valence-corrected chi connectivity index (χ1v) is 9.05. The molecule has 0 unspecified atom stereocenters. The van der Waals surface area contributed by atoms with Crippen LogP contribution in [-0.4, -0.2) is 18.8 Å². The van der Waals surface area contributed by atoms with Crippen molar-refractivity contribution in [3.63, 3.8) is 0 Å². The molecule has 0 atom stereocenters. The molecule has 132 valence electrons. The molecule has 4 nitrogen and oxygen atoms in total. The van der Waals surface area contributed by atoms with Gasteiger partial charge >= 0.3 is 0 Å². The summed E-state index contributed by atoms with van der Waals surface area (Å²) < 4.78 is 5.17. The average Bonchev–Trinajstić information content (AvgIpc) is 3.15. The van der Waals surface area contributed by atoms with Gasteiger partial charge in [0.15, 0.2) is 0 Å². The van der Waals surface area contributed by atoms with E-state index in [4.69, 9.17) is 4.74 Å². The molecule has 3 rings (SSSR count). The van der Waals surface area contributed by atoms with Crippen LogP contribution < -0.4 is 10.1 Å².